The Bertz CT molecular complexity index is 653. The number of rotatable bonds is 9. The Kier molecular flexibility index (Phi) is 7.28. The Labute approximate surface area is 147 Å². The molecule has 0 saturated heterocycles. The maximum absolute atomic E-state index is 13.2. The van der Waals surface area contributed by atoms with Gasteiger partial charge in [0.2, 0.25) is 0 Å². The van der Waals surface area contributed by atoms with Crippen molar-refractivity contribution in [1.82, 2.24) is 4.31 Å². The van der Waals surface area contributed by atoms with Gasteiger partial charge in [-0.15, -0.1) is 0 Å². The fourth-order valence-corrected chi connectivity index (χ4v) is 4.81. The summed E-state index contributed by atoms with van der Waals surface area (Å²) in [5.74, 6) is 0.746. The van der Waals surface area contributed by atoms with Crippen molar-refractivity contribution < 1.29 is 8.42 Å². The monoisotopic (exact) mass is 350 g/mol. The van der Waals surface area contributed by atoms with Crippen LogP contribution in [-0.2, 0) is 16.6 Å². The van der Waals surface area contributed by atoms with Crippen LogP contribution in [0.2, 0.25) is 0 Å². The van der Waals surface area contributed by atoms with Crippen LogP contribution in [0.15, 0.2) is 34.2 Å². The van der Waals surface area contributed by atoms with Crippen molar-refractivity contribution in [3.05, 3.63) is 29.8 Å². The van der Waals surface area contributed by atoms with Gasteiger partial charge in [-0.05, 0) is 24.5 Å². The Morgan fingerprint density at radius 3 is 2.46 bits per heavy atom. The molecule has 1 heterocycles. The van der Waals surface area contributed by atoms with Gasteiger partial charge in [-0.2, -0.15) is 0 Å². The lowest BCUT2D eigenvalue weighted by molar-refractivity contribution is 0.494. The van der Waals surface area contributed by atoms with Crippen LogP contribution >= 0.6 is 0 Å². The molecule has 2 rings (SSSR count). The molecular weight excluding hydrogens is 320 g/mol. The number of aliphatic imine (C=N–C) groups is 1. The van der Waals surface area contributed by atoms with E-state index in [0.717, 1.165) is 62.8 Å². The second-order valence-corrected chi connectivity index (χ2v) is 8.27. The fourth-order valence-electron chi connectivity index (χ4n) is 3.07. The highest BCUT2D eigenvalue weighted by atomic mass is 32.2. The summed E-state index contributed by atoms with van der Waals surface area (Å²) in [5, 5.41) is 0. The molecular formula is C19H30N2O2S. The number of sulfonamides is 1. The van der Waals surface area contributed by atoms with Crippen molar-refractivity contribution in [2.24, 2.45) is 4.99 Å². The summed E-state index contributed by atoms with van der Waals surface area (Å²) in [5.41, 5.74) is 0.807. The largest absolute Gasteiger partial charge is 0.267 e. The van der Waals surface area contributed by atoms with E-state index < -0.39 is 10.0 Å². The van der Waals surface area contributed by atoms with Crippen molar-refractivity contribution in [2.45, 2.75) is 76.7 Å². The van der Waals surface area contributed by atoms with Gasteiger partial charge in [-0.25, -0.2) is 8.42 Å². The van der Waals surface area contributed by atoms with Crippen LogP contribution in [0.5, 0.6) is 0 Å². The number of fused-ring (bicyclic) bond motifs is 1. The van der Waals surface area contributed by atoms with Gasteiger partial charge in [-0.3, -0.25) is 9.30 Å². The summed E-state index contributed by atoms with van der Waals surface area (Å²) in [4.78, 5) is 5.10. The number of unbranched alkanes of at least 4 members (excludes halogenated alkanes) is 5. The van der Waals surface area contributed by atoms with Gasteiger partial charge in [0.05, 0.1) is 11.4 Å². The standard InChI is InChI=1S/C19H30N2O2S/c1-3-5-7-11-15-21-19(14-8-6-4-2)20-16-17-12-9-10-13-18(17)24(21,22)23/h9-10,12-13H,3-8,11,14-16H2,1-2H3. The van der Waals surface area contributed by atoms with Gasteiger partial charge < -0.3 is 0 Å². The van der Waals surface area contributed by atoms with E-state index in [-0.39, 0.29) is 0 Å². The number of nitrogens with zero attached hydrogens (tertiary/aromatic N) is 2. The van der Waals surface area contributed by atoms with Crippen LogP contribution in [0.1, 0.15) is 70.8 Å². The molecule has 1 aromatic rings. The molecule has 0 unspecified atom stereocenters. The molecule has 0 bridgehead atoms. The third-order valence-electron chi connectivity index (χ3n) is 4.48. The predicted molar refractivity (Wildman–Crippen MR) is 99.8 cm³/mol. The maximum Gasteiger partial charge on any atom is 0.265 e. The van der Waals surface area contributed by atoms with Gasteiger partial charge in [0.15, 0.2) is 0 Å². The molecule has 4 nitrogen and oxygen atoms in total. The van der Waals surface area contributed by atoms with Gasteiger partial charge in [0.1, 0.15) is 5.84 Å². The van der Waals surface area contributed by atoms with E-state index in [0.29, 0.717) is 18.0 Å². The van der Waals surface area contributed by atoms with Crippen molar-refractivity contribution in [3.63, 3.8) is 0 Å². The molecule has 0 aliphatic carbocycles. The molecule has 0 amide bonds. The highest BCUT2D eigenvalue weighted by Crippen LogP contribution is 2.26. The molecule has 1 aromatic carbocycles. The van der Waals surface area contributed by atoms with Gasteiger partial charge in [0, 0.05) is 13.0 Å². The fraction of sp³-hybridized carbons (Fsp3) is 0.632. The zero-order valence-electron chi connectivity index (χ0n) is 15.0. The zero-order chi connectivity index (χ0) is 17.4. The highest BCUT2D eigenvalue weighted by molar-refractivity contribution is 7.89. The molecule has 0 fully saturated rings. The van der Waals surface area contributed by atoms with Gasteiger partial charge >= 0.3 is 0 Å². The Balaban J connectivity index is 2.26. The molecule has 0 radical (unpaired) electrons. The zero-order valence-corrected chi connectivity index (χ0v) is 15.8. The lowest BCUT2D eigenvalue weighted by Crippen LogP contribution is -2.37. The van der Waals surface area contributed by atoms with E-state index in [2.05, 4.69) is 18.8 Å². The quantitative estimate of drug-likeness (QED) is 0.603. The second kappa shape index (κ2) is 9.21. The average molecular weight is 351 g/mol. The average Bonchev–Trinajstić information content (AvgIpc) is 2.68. The van der Waals surface area contributed by atoms with Gasteiger partial charge in [0.25, 0.3) is 10.0 Å². The first kappa shape index (κ1) is 19.0. The Morgan fingerprint density at radius 2 is 1.71 bits per heavy atom. The second-order valence-electron chi connectivity index (χ2n) is 6.44. The molecule has 0 aromatic heterocycles. The molecule has 24 heavy (non-hydrogen) atoms. The summed E-state index contributed by atoms with van der Waals surface area (Å²) in [6, 6.07) is 7.28. The minimum Gasteiger partial charge on any atom is -0.267 e. The molecule has 0 N–H and O–H groups in total. The van der Waals surface area contributed by atoms with Crippen molar-refractivity contribution >= 4 is 15.9 Å². The summed E-state index contributed by atoms with van der Waals surface area (Å²) in [6.07, 6.45) is 8.21. The Hall–Kier alpha value is -1.36. The third-order valence-corrected chi connectivity index (χ3v) is 6.41. The number of hydrogen-bond donors (Lipinski definition) is 0. The van der Waals surface area contributed by atoms with Gasteiger partial charge in [-0.1, -0.05) is 64.2 Å². The number of benzene rings is 1. The molecule has 0 spiro atoms. The minimum absolute atomic E-state index is 0.426. The van der Waals surface area contributed by atoms with Crippen molar-refractivity contribution in [2.75, 3.05) is 6.54 Å². The van der Waals surface area contributed by atoms with E-state index in [4.69, 9.17) is 0 Å². The molecule has 134 valence electrons. The SMILES string of the molecule is CCCCCCN1C(CCCCC)=NCc2ccccc2S1(=O)=O. The van der Waals surface area contributed by atoms with Crippen molar-refractivity contribution in [1.29, 1.82) is 0 Å². The highest BCUT2D eigenvalue weighted by Gasteiger charge is 2.31. The number of amidine groups is 1. The van der Waals surface area contributed by atoms with Crippen LogP contribution in [0.3, 0.4) is 0 Å². The first-order chi connectivity index (χ1) is 11.6. The summed E-state index contributed by atoms with van der Waals surface area (Å²) in [6.45, 7) is 5.32. The van der Waals surface area contributed by atoms with Crippen LogP contribution in [0.4, 0.5) is 0 Å². The molecule has 0 saturated carbocycles. The minimum atomic E-state index is -3.49. The normalized spacial score (nSPS) is 16.4. The van der Waals surface area contributed by atoms with E-state index in [1.807, 2.05) is 12.1 Å². The molecule has 1 aliphatic rings. The molecule has 1 aliphatic heterocycles. The summed E-state index contributed by atoms with van der Waals surface area (Å²) < 4.78 is 27.9. The summed E-state index contributed by atoms with van der Waals surface area (Å²) in [7, 11) is -3.49. The third kappa shape index (κ3) is 4.59. The molecule has 5 heteroatoms. The van der Waals surface area contributed by atoms with Crippen LogP contribution < -0.4 is 0 Å². The maximum atomic E-state index is 13.2. The van der Waals surface area contributed by atoms with Crippen LogP contribution in [-0.4, -0.2) is 25.1 Å². The predicted octanol–water partition coefficient (Wildman–Crippen LogP) is 4.75. The van der Waals surface area contributed by atoms with Crippen LogP contribution in [0.25, 0.3) is 0 Å². The van der Waals surface area contributed by atoms with Crippen LogP contribution in [0, 0.1) is 0 Å². The summed E-state index contributed by atoms with van der Waals surface area (Å²) >= 11 is 0. The lowest BCUT2D eigenvalue weighted by atomic mass is 10.1. The van der Waals surface area contributed by atoms with E-state index in [1.165, 1.54) is 0 Å². The first-order valence-electron chi connectivity index (χ1n) is 9.25. The Morgan fingerprint density at radius 1 is 1.00 bits per heavy atom. The number of hydrogen-bond acceptors (Lipinski definition) is 3. The van der Waals surface area contributed by atoms with E-state index in [9.17, 15) is 8.42 Å². The molecule has 0 atom stereocenters. The smallest absolute Gasteiger partial charge is 0.265 e. The van der Waals surface area contributed by atoms with Crippen molar-refractivity contribution in [3.8, 4) is 0 Å². The van der Waals surface area contributed by atoms with E-state index >= 15 is 0 Å². The topological polar surface area (TPSA) is 49.7 Å². The van der Waals surface area contributed by atoms with E-state index in [1.54, 1.807) is 16.4 Å². The first-order valence-corrected chi connectivity index (χ1v) is 10.7. The lowest BCUT2D eigenvalue weighted by Gasteiger charge is -2.25.